The van der Waals surface area contributed by atoms with E-state index in [-0.39, 0.29) is 0 Å². The van der Waals surface area contributed by atoms with Gasteiger partial charge in [0.2, 0.25) is 0 Å². The Kier molecular flexibility index (Phi) is 1.90. The van der Waals surface area contributed by atoms with Crippen molar-refractivity contribution in [2.45, 2.75) is 44.3 Å². The summed E-state index contributed by atoms with van der Waals surface area (Å²) < 4.78 is 0. The Morgan fingerprint density at radius 1 is 1.00 bits per heavy atom. The standard InChI is InChI=1S/C9H16O2/c10-8-5-6-3-1-2-4-7(6)9(8)11/h6-11H,1-5H2/t6?,7?,8-,9+/m0/s1. The highest BCUT2D eigenvalue weighted by molar-refractivity contribution is 4.92. The molecule has 0 spiro atoms. The highest BCUT2D eigenvalue weighted by atomic mass is 16.3. The van der Waals surface area contributed by atoms with Crippen LogP contribution in [0, 0.1) is 11.8 Å². The Balaban J connectivity index is 2.05. The van der Waals surface area contributed by atoms with Crippen molar-refractivity contribution >= 4 is 0 Å². The molecule has 0 heterocycles. The number of aliphatic hydroxyl groups is 2. The zero-order valence-corrected chi connectivity index (χ0v) is 6.74. The Labute approximate surface area is 67.2 Å². The molecule has 11 heavy (non-hydrogen) atoms. The van der Waals surface area contributed by atoms with Crippen LogP contribution < -0.4 is 0 Å². The first-order chi connectivity index (χ1) is 5.29. The van der Waals surface area contributed by atoms with Crippen molar-refractivity contribution in [3.63, 3.8) is 0 Å². The van der Waals surface area contributed by atoms with Gasteiger partial charge in [-0.15, -0.1) is 0 Å². The van der Waals surface area contributed by atoms with Crippen LogP contribution in [0.5, 0.6) is 0 Å². The minimum Gasteiger partial charge on any atom is -0.390 e. The van der Waals surface area contributed by atoms with Gasteiger partial charge >= 0.3 is 0 Å². The Hall–Kier alpha value is -0.0800. The summed E-state index contributed by atoms with van der Waals surface area (Å²) in [6.45, 7) is 0. The molecule has 4 atom stereocenters. The summed E-state index contributed by atoms with van der Waals surface area (Å²) in [6, 6.07) is 0. The molecule has 0 amide bonds. The van der Waals surface area contributed by atoms with Crippen molar-refractivity contribution < 1.29 is 10.2 Å². The van der Waals surface area contributed by atoms with E-state index >= 15 is 0 Å². The van der Waals surface area contributed by atoms with Gasteiger partial charge in [-0.05, 0) is 31.1 Å². The van der Waals surface area contributed by atoms with Crippen LogP contribution in [0.15, 0.2) is 0 Å². The summed E-state index contributed by atoms with van der Waals surface area (Å²) >= 11 is 0. The van der Waals surface area contributed by atoms with E-state index in [1.807, 2.05) is 0 Å². The molecule has 2 fully saturated rings. The summed E-state index contributed by atoms with van der Waals surface area (Å²) in [4.78, 5) is 0. The smallest absolute Gasteiger partial charge is 0.0829 e. The second-order valence-electron chi connectivity index (χ2n) is 4.00. The van der Waals surface area contributed by atoms with E-state index in [2.05, 4.69) is 0 Å². The van der Waals surface area contributed by atoms with Gasteiger partial charge in [0.25, 0.3) is 0 Å². The molecule has 64 valence electrons. The van der Waals surface area contributed by atoms with Gasteiger partial charge in [0.1, 0.15) is 0 Å². The third-order valence-electron chi connectivity index (χ3n) is 3.35. The zero-order valence-electron chi connectivity index (χ0n) is 6.74. The molecule has 0 aromatic heterocycles. The molecule has 2 rings (SSSR count). The molecule has 2 nitrogen and oxygen atoms in total. The Morgan fingerprint density at radius 3 is 2.45 bits per heavy atom. The lowest BCUT2D eigenvalue weighted by Crippen LogP contribution is -2.27. The topological polar surface area (TPSA) is 40.5 Å². The summed E-state index contributed by atoms with van der Waals surface area (Å²) in [6.07, 6.45) is 4.88. The van der Waals surface area contributed by atoms with Crippen molar-refractivity contribution in [1.82, 2.24) is 0 Å². The van der Waals surface area contributed by atoms with Crippen molar-refractivity contribution in [3.8, 4) is 0 Å². The lowest BCUT2D eigenvalue weighted by atomic mass is 9.81. The van der Waals surface area contributed by atoms with Gasteiger partial charge in [-0.3, -0.25) is 0 Å². The third-order valence-corrected chi connectivity index (χ3v) is 3.35. The van der Waals surface area contributed by atoms with E-state index in [0.29, 0.717) is 11.8 Å². The van der Waals surface area contributed by atoms with Gasteiger partial charge in [0, 0.05) is 0 Å². The predicted molar refractivity (Wildman–Crippen MR) is 42.1 cm³/mol. The van der Waals surface area contributed by atoms with E-state index in [1.165, 1.54) is 19.3 Å². The minimum absolute atomic E-state index is 0.416. The molecule has 0 radical (unpaired) electrons. The maximum absolute atomic E-state index is 9.54. The third kappa shape index (κ3) is 1.18. The number of aliphatic hydroxyl groups excluding tert-OH is 2. The van der Waals surface area contributed by atoms with Gasteiger partial charge in [-0.25, -0.2) is 0 Å². The van der Waals surface area contributed by atoms with Gasteiger partial charge in [0.15, 0.2) is 0 Å². The number of rotatable bonds is 0. The average Bonchev–Trinajstić information content (AvgIpc) is 2.30. The van der Waals surface area contributed by atoms with Gasteiger partial charge in [-0.1, -0.05) is 12.8 Å². The van der Waals surface area contributed by atoms with Gasteiger partial charge in [-0.2, -0.15) is 0 Å². The first-order valence-electron chi connectivity index (χ1n) is 4.65. The molecular weight excluding hydrogens is 140 g/mol. The molecule has 0 aliphatic heterocycles. The monoisotopic (exact) mass is 156 g/mol. The normalized spacial score (nSPS) is 50.7. The van der Waals surface area contributed by atoms with Crippen LogP contribution in [0.25, 0.3) is 0 Å². The van der Waals surface area contributed by atoms with E-state index in [9.17, 15) is 10.2 Å². The number of hydrogen-bond acceptors (Lipinski definition) is 2. The highest BCUT2D eigenvalue weighted by Gasteiger charge is 2.41. The van der Waals surface area contributed by atoms with Gasteiger partial charge in [0.05, 0.1) is 12.2 Å². The Bertz CT molecular complexity index is 146. The van der Waals surface area contributed by atoms with Crippen molar-refractivity contribution in [2.24, 2.45) is 11.8 Å². The van der Waals surface area contributed by atoms with Crippen LogP contribution in [0.4, 0.5) is 0 Å². The van der Waals surface area contributed by atoms with E-state index in [4.69, 9.17) is 0 Å². The molecule has 0 aromatic carbocycles. The number of hydrogen-bond donors (Lipinski definition) is 2. The molecule has 2 aliphatic carbocycles. The van der Waals surface area contributed by atoms with Crippen molar-refractivity contribution in [2.75, 3.05) is 0 Å². The summed E-state index contributed by atoms with van der Waals surface area (Å²) in [5.74, 6) is 1.03. The fraction of sp³-hybridized carbons (Fsp3) is 1.00. The van der Waals surface area contributed by atoms with Crippen LogP contribution >= 0.6 is 0 Å². The van der Waals surface area contributed by atoms with Crippen LogP contribution in [0.1, 0.15) is 32.1 Å². The molecule has 2 unspecified atom stereocenters. The second-order valence-corrected chi connectivity index (χ2v) is 4.00. The lowest BCUT2D eigenvalue weighted by Gasteiger charge is -2.26. The predicted octanol–water partition coefficient (Wildman–Crippen LogP) is 0.918. The maximum atomic E-state index is 9.54. The lowest BCUT2D eigenvalue weighted by molar-refractivity contribution is 0.0139. The van der Waals surface area contributed by atoms with Crippen molar-refractivity contribution in [1.29, 1.82) is 0 Å². The summed E-state index contributed by atoms with van der Waals surface area (Å²) in [5, 5.41) is 18.9. The van der Waals surface area contributed by atoms with Crippen LogP contribution in [-0.4, -0.2) is 22.4 Å². The largest absolute Gasteiger partial charge is 0.390 e. The first kappa shape index (κ1) is 7.56. The van der Waals surface area contributed by atoms with Crippen molar-refractivity contribution in [3.05, 3.63) is 0 Å². The fourth-order valence-electron chi connectivity index (χ4n) is 2.71. The quantitative estimate of drug-likeness (QED) is 0.547. The first-order valence-corrected chi connectivity index (χ1v) is 4.65. The summed E-state index contributed by atoms with van der Waals surface area (Å²) in [5.41, 5.74) is 0. The van der Waals surface area contributed by atoms with E-state index in [1.54, 1.807) is 0 Å². The number of fused-ring (bicyclic) bond motifs is 1. The van der Waals surface area contributed by atoms with Gasteiger partial charge < -0.3 is 10.2 Å². The molecule has 0 aromatic rings. The summed E-state index contributed by atoms with van der Waals surface area (Å²) in [7, 11) is 0. The molecule has 2 N–H and O–H groups in total. The molecule has 2 saturated carbocycles. The van der Waals surface area contributed by atoms with E-state index in [0.717, 1.165) is 12.8 Å². The van der Waals surface area contributed by atoms with E-state index < -0.39 is 12.2 Å². The molecule has 2 heteroatoms. The fourth-order valence-corrected chi connectivity index (χ4v) is 2.71. The zero-order chi connectivity index (χ0) is 7.84. The van der Waals surface area contributed by atoms with Crippen LogP contribution in [0.3, 0.4) is 0 Å². The molecule has 0 bridgehead atoms. The molecule has 0 saturated heterocycles. The second kappa shape index (κ2) is 2.76. The minimum atomic E-state index is -0.428. The molecule has 2 aliphatic rings. The maximum Gasteiger partial charge on any atom is 0.0829 e. The Morgan fingerprint density at radius 2 is 1.73 bits per heavy atom. The average molecular weight is 156 g/mol. The molecular formula is C9H16O2. The van der Waals surface area contributed by atoms with Crippen LogP contribution in [-0.2, 0) is 0 Å². The van der Waals surface area contributed by atoms with Crippen LogP contribution in [0.2, 0.25) is 0 Å². The highest BCUT2D eigenvalue weighted by Crippen LogP contribution is 2.42. The SMILES string of the molecule is O[C@@H]1C2CCCCC2C[C@@H]1O.